The van der Waals surface area contributed by atoms with Crippen molar-refractivity contribution in [3.05, 3.63) is 29.6 Å². The third-order valence-electron chi connectivity index (χ3n) is 1.87. The third kappa shape index (κ3) is 3.51. The van der Waals surface area contributed by atoms with E-state index >= 15 is 0 Å². The Kier molecular flexibility index (Phi) is 4.56. The smallest absolute Gasteiger partial charge is 0.340 e. The molecule has 0 saturated carbocycles. The van der Waals surface area contributed by atoms with Gasteiger partial charge in [0.1, 0.15) is 5.82 Å². The van der Waals surface area contributed by atoms with Crippen LogP contribution in [0.25, 0.3) is 0 Å². The van der Waals surface area contributed by atoms with Crippen molar-refractivity contribution in [2.24, 2.45) is 0 Å². The molecule has 1 aromatic carbocycles. The van der Waals surface area contributed by atoms with Gasteiger partial charge in [-0.25, -0.2) is 13.6 Å². The second-order valence-electron chi connectivity index (χ2n) is 3.09. The summed E-state index contributed by atoms with van der Waals surface area (Å²) in [7, 11) is 0. The highest BCUT2D eigenvalue weighted by Crippen LogP contribution is 2.18. The highest BCUT2D eigenvalue weighted by Gasteiger charge is 2.15. The standard InChI is InChI=1S/C11H11F2NO3/c1-2-17-11(16)8-4-3-7(13)5-9(8)14-10(15)6-12/h3-5H,2,6H2,1H3,(H,14,15). The average molecular weight is 243 g/mol. The molecule has 4 nitrogen and oxygen atoms in total. The zero-order chi connectivity index (χ0) is 12.8. The fourth-order valence-corrected chi connectivity index (χ4v) is 1.19. The van der Waals surface area contributed by atoms with Crippen molar-refractivity contribution in [2.45, 2.75) is 6.92 Å². The van der Waals surface area contributed by atoms with Gasteiger partial charge in [0.2, 0.25) is 0 Å². The lowest BCUT2D eigenvalue weighted by Gasteiger charge is -2.09. The lowest BCUT2D eigenvalue weighted by atomic mass is 10.1. The summed E-state index contributed by atoms with van der Waals surface area (Å²) in [6.45, 7) is 0.507. The predicted octanol–water partition coefficient (Wildman–Crippen LogP) is 1.91. The topological polar surface area (TPSA) is 55.4 Å². The first-order chi connectivity index (χ1) is 8.08. The highest BCUT2D eigenvalue weighted by atomic mass is 19.1. The van der Waals surface area contributed by atoms with E-state index in [4.69, 9.17) is 4.74 Å². The van der Waals surface area contributed by atoms with E-state index in [9.17, 15) is 18.4 Å². The second-order valence-corrected chi connectivity index (χ2v) is 3.09. The van der Waals surface area contributed by atoms with Crippen molar-refractivity contribution >= 4 is 17.6 Å². The predicted molar refractivity (Wildman–Crippen MR) is 57.0 cm³/mol. The van der Waals surface area contributed by atoms with Crippen LogP contribution in [0.2, 0.25) is 0 Å². The molecule has 0 spiro atoms. The Hall–Kier alpha value is -1.98. The molecule has 0 aliphatic carbocycles. The SMILES string of the molecule is CCOC(=O)c1ccc(F)cc1NC(=O)CF. The fourth-order valence-electron chi connectivity index (χ4n) is 1.19. The number of nitrogens with one attached hydrogen (secondary N) is 1. The Labute approximate surface area is 96.6 Å². The first-order valence-corrected chi connectivity index (χ1v) is 4.91. The Bertz CT molecular complexity index is 435. The molecule has 0 saturated heterocycles. The molecule has 17 heavy (non-hydrogen) atoms. The zero-order valence-corrected chi connectivity index (χ0v) is 9.13. The minimum atomic E-state index is -1.25. The number of carbonyl (C=O) groups excluding carboxylic acids is 2. The van der Waals surface area contributed by atoms with Crippen LogP contribution in [0.1, 0.15) is 17.3 Å². The van der Waals surface area contributed by atoms with Gasteiger partial charge in [-0.2, -0.15) is 0 Å². The number of carbonyl (C=O) groups is 2. The summed E-state index contributed by atoms with van der Waals surface area (Å²) in [6.07, 6.45) is 0. The van der Waals surface area contributed by atoms with Crippen molar-refractivity contribution in [3.63, 3.8) is 0 Å². The van der Waals surface area contributed by atoms with E-state index in [1.54, 1.807) is 6.92 Å². The monoisotopic (exact) mass is 243 g/mol. The van der Waals surface area contributed by atoms with Crippen LogP contribution in [0.5, 0.6) is 0 Å². The minimum absolute atomic E-state index is 0.0185. The number of amides is 1. The zero-order valence-electron chi connectivity index (χ0n) is 9.13. The van der Waals surface area contributed by atoms with Crippen LogP contribution in [-0.4, -0.2) is 25.2 Å². The molecule has 1 aromatic rings. The number of anilines is 1. The number of hydrogen-bond donors (Lipinski definition) is 1. The van der Waals surface area contributed by atoms with Gasteiger partial charge in [0, 0.05) is 0 Å². The summed E-state index contributed by atoms with van der Waals surface area (Å²) in [5.74, 6) is -2.31. The van der Waals surface area contributed by atoms with Crippen molar-refractivity contribution in [2.75, 3.05) is 18.6 Å². The van der Waals surface area contributed by atoms with Gasteiger partial charge >= 0.3 is 5.97 Å². The van der Waals surface area contributed by atoms with Gasteiger partial charge in [0.25, 0.3) is 5.91 Å². The number of halogens is 2. The van der Waals surface area contributed by atoms with Crippen LogP contribution in [0.15, 0.2) is 18.2 Å². The van der Waals surface area contributed by atoms with Crippen molar-refractivity contribution < 1.29 is 23.1 Å². The molecule has 0 heterocycles. The largest absolute Gasteiger partial charge is 0.462 e. The molecule has 6 heteroatoms. The molecule has 0 aromatic heterocycles. The Morgan fingerprint density at radius 3 is 2.71 bits per heavy atom. The number of ether oxygens (including phenoxy) is 1. The summed E-state index contributed by atoms with van der Waals surface area (Å²) in [4.78, 5) is 22.3. The Morgan fingerprint density at radius 1 is 1.41 bits per heavy atom. The molecule has 92 valence electrons. The Morgan fingerprint density at radius 2 is 2.12 bits per heavy atom. The van der Waals surface area contributed by atoms with Crippen LogP contribution < -0.4 is 5.32 Å². The van der Waals surface area contributed by atoms with E-state index in [2.05, 4.69) is 5.32 Å². The molecular weight excluding hydrogens is 232 g/mol. The van der Waals surface area contributed by atoms with Gasteiger partial charge in [-0.3, -0.25) is 4.79 Å². The number of hydrogen-bond acceptors (Lipinski definition) is 3. The molecule has 0 bridgehead atoms. The Balaban J connectivity index is 3.03. The van der Waals surface area contributed by atoms with Crippen LogP contribution in [0.4, 0.5) is 14.5 Å². The summed E-state index contributed by atoms with van der Waals surface area (Å²) in [5.41, 5.74) is -0.124. The maximum Gasteiger partial charge on any atom is 0.340 e. The maximum absolute atomic E-state index is 13.0. The van der Waals surface area contributed by atoms with Crippen molar-refractivity contribution in [3.8, 4) is 0 Å². The molecule has 1 N–H and O–H groups in total. The van der Waals surface area contributed by atoms with Crippen LogP contribution in [0.3, 0.4) is 0 Å². The summed E-state index contributed by atoms with van der Waals surface area (Å²) in [5, 5.41) is 2.09. The maximum atomic E-state index is 13.0. The second kappa shape index (κ2) is 5.93. The first-order valence-electron chi connectivity index (χ1n) is 4.91. The van der Waals surface area contributed by atoms with Gasteiger partial charge in [-0.15, -0.1) is 0 Å². The number of benzene rings is 1. The quantitative estimate of drug-likeness (QED) is 0.822. The average Bonchev–Trinajstić information content (AvgIpc) is 2.29. The lowest BCUT2D eigenvalue weighted by molar-refractivity contribution is -0.117. The lowest BCUT2D eigenvalue weighted by Crippen LogP contribution is -2.17. The van der Waals surface area contributed by atoms with E-state index in [-0.39, 0.29) is 17.9 Å². The molecule has 0 radical (unpaired) electrons. The molecule has 0 aliphatic heterocycles. The molecule has 0 aliphatic rings. The van der Waals surface area contributed by atoms with Crippen molar-refractivity contribution in [1.82, 2.24) is 0 Å². The van der Waals surface area contributed by atoms with Gasteiger partial charge < -0.3 is 10.1 Å². The van der Waals surface area contributed by atoms with E-state index in [0.29, 0.717) is 0 Å². The van der Waals surface area contributed by atoms with E-state index in [0.717, 1.165) is 12.1 Å². The highest BCUT2D eigenvalue weighted by molar-refractivity contribution is 6.01. The molecule has 0 unspecified atom stereocenters. The number of alkyl halides is 1. The van der Waals surface area contributed by atoms with E-state index in [1.165, 1.54) is 6.07 Å². The number of esters is 1. The molecule has 0 atom stereocenters. The van der Waals surface area contributed by atoms with Gasteiger partial charge in [0.05, 0.1) is 17.9 Å². The normalized spacial score (nSPS) is 9.82. The minimum Gasteiger partial charge on any atom is -0.462 e. The van der Waals surface area contributed by atoms with E-state index in [1.807, 2.05) is 0 Å². The van der Waals surface area contributed by atoms with Gasteiger partial charge in [0.15, 0.2) is 6.67 Å². The van der Waals surface area contributed by atoms with Crippen LogP contribution in [-0.2, 0) is 9.53 Å². The van der Waals surface area contributed by atoms with Gasteiger partial charge in [-0.05, 0) is 25.1 Å². The molecule has 1 amide bonds. The third-order valence-corrected chi connectivity index (χ3v) is 1.87. The first kappa shape index (κ1) is 13.1. The number of rotatable bonds is 4. The summed E-state index contributed by atoms with van der Waals surface area (Å²) < 4.78 is 29.7. The fraction of sp³-hybridized carbons (Fsp3) is 0.273. The van der Waals surface area contributed by atoms with Crippen molar-refractivity contribution in [1.29, 1.82) is 0 Å². The van der Waals surface area contributed by atoms with Crippen LogP contribution >= 0.6 is 0 Å². The molecule has 0 fully saturated rings. The summed E-state index contributed by atoms with van der Waals surface area (Å²) in [6, 6.07) is 3.15. The summed E-state index contributed by atoms with van der Waals surface area (Å²) >= 11 is 0. The molecule has 1 rings (SSSR count). The van der Waals surface area contributed by atoms with E-state index < -0.39 is 24.4 Å². The van der Waals surface area contributed by atoms with Crippen LogP contribution in [0, 0.1) is 5.82 Å². The van der Waals surface area contributed by atoms with Gasteiger partial charge in [-0.1, -0.05) is 0 Å². The molecular formula is C11H11F2NO3.